The number of aryl methyl sites for hydroxylation is 1. The number of amides is 3. The van der Waals surface area contributed by atoms with E-state index in [1.807, 2.05) is 6.07 Å². The zero-order valence-electron chi connectivity index (χ0n) is 16.2. The lowest BCUT2D eigenvalue weighted by atomic mass is 10.1. The third kappa shape index (κ3) is 4.87. The third-order valence-electron chi connectivity index (χ3n) is 4.12. The van der Waals surface area contributed by atoms with Gasteiger partial charge in [-0.3, -0.25) is 10.1 Å². The molecule has 0 aliphatic carbocycles. The van der Waals surface area contributed by atoms with Gasteiger partial charge in [0.1, 0.15) is 6.04 Å². The first kappa shape index (κ1) is 21.4. The van der Waals surface area contributed by atoms with Crippen molar-refractivity contribution < 1.29 is 18.0 Å². The highest BCUT2D eigenvalue weighted by Crippen LogP contribution is 2.26. The number of nitrogens with one attached hydrogen (secondary N) is 3. The fourth-order valence-electron chi connectivity index (χ4n) is 2.52. The number of sulfonamides is 1. The van der Waals surface area contributed by atoms with Gasteiger partial charge in [0, 0.05) is 26.8 Å². The summed E-state index contributed by atoms with van der Waals surface area (Å²) in [5, 5.41) is 7.60. The van der Waals surface area contributed by atoms with E-state index in [1.54, 1.807) is 43.3 Å². The van der Waals surface area contributed by atoms with Crippen molar-refractivity contribution in [2.24, 2.45) is 0 Å². The van der Waals surface area contributed by atoms with Gasteiger partial charge < -0.3 is 10.6 Å². The van der Waals surface area contributed by atoms with Crippen LogP contribution in [0.25, 0.3) is 0 Å². The first-order chi connectivity index (χ1) is 13.2. The minimum Gasteiger partial charge on any atom is -0.370 e. The van der Waals surface area contributed by atoms with E-state index >= 15 is 0 Å². The Balaban J connectivity index is 2.42. The van der Waals surface area contributed by atoms with E-state index in [4.69, 9.17) is 0 Å². The number of carbonyl (C=O) groups is 2. The number of anilines is 1. The van der Waals surface area contributed by atoms with Crippen molar-refractivity contribution in [3.63, 3.8) is 0 Å². The molecule has 0 fully saturated rings. The van der Waals surface area contributed by atoms with Crippen LogP contribution in [0.4, 0.5) is 10.5 Å². The van der Waals surface area contributed by atoms with Crippen LogP contribution in [-0.4, -0.2) is 45.8 Å². The Hall–Kier alpha value is -2.91. The topological polar surface area (TPSA) is 108 Å². The number of urea groups is 1. The van der Waals surface area contributed by atoms with Crippen LogP contribution in [0.3, 0.4) is 0 Å². The molecular weight excluding hydrogens is 380 g/mol. The van der Waals surface area contributed by atoms with E-state index in [2.05, 4.69) is 16.0 Å². The quantitative estimate of drug-likeness (QED) is 0.681. The lowest BCUT2D eigenvalue weighted by Crippen LogP contribution is -2.42. The predicted molar refractivity (Wildman–Crippen MR) is 107 cm³/mol. The maximum atomic E-state index is 12.6. The van der Waals surface area contributed by atoms with Crippen molar-refractivity contribution >= 4 is 27.6 Å². The van der Waals surface area contributed by atoms with E-state index in [1.165, 1.54) is 27.2 Å². The molecule has 2 aromatic carbocycles. The van der Waals surface area contributed by atoms with E-state index < -0.39 is 28.0 Å². The molecular formula is C19H24N4O4S. The van der Waals surface area contributed by atoms with E-state index in [0.717, 1.165) is 4.31 Å². The molecule has 8 nitrogen and oxygen atoms in total. The number of nitrogens with zero attached hydrogens (tertiary/aromatic N) is 1. The summed E-state index contributed by atoms with van der Waals surface area (Å²) < 4.78 is 26.2. The van der Waals surface area contributed by atoms with Gasteiger partial charge in [-0.2, -0.15) is 0 Å². The van der Waals surface area contributed by atoms with Gasteiger partial charge in [0.15, 0.2) is 0 Å². The molecule has 3 amide bonds. The molecule has 0 unspecified atom stereocenters. The highest BCUT2D eigenvalue weighted by Gasteiger charge is 2.24. The molecule has 3 N–H and O–H groups in total. The number of benzene rings is 2. The van der Waals surface area contributed by atoms with Crippen molar-refractivity contribution in [2.75, 3.05) is 26.5 Å². The molecule has 0 saturated heterocycles. The van der Waals surface area contributed by atoms with Crippen LogP contribution in [0, 0.1) is 6.92 Å². The van der Waals surface area contributed by atoms with Crippen LogP contribution in [-0.2, 0) is 14.8 Å². The number of imide groups is 1. The van der Waals surface area contributed by atoms with E-state index in [0.29, 0.717) is 16.8 Å². The third-order valence-corrected chi connectivity index (χ3v) is 6.07. The average molecular weight is 404 g/mol. The van der Waals surface area contributed by atoms with E-state index in [9.17, 15) is 18.0 Å². The van der Waals surface area contributed by atoms with Gasteiger partial charge in [0.25, 0.3) is 5.91 Å². The van der Waals surface area contributed by atoms with Gasteiger partial charge in [0.05, 0.1) is 4.90 Å². The second kappa shape index (κ2) is 8.85. The van der Waals surface area contributed by atoms with Gasteiger partial charge >= 0.3 is 6.03 Å². The van der Waals surface area contributed by atoms with Crippen LogP contribution in [0.2, 0.25) is 0 Å². The molecule has 150 valence electrons. The molecule has 0 bridgehead atoms. The summed E-state index contributed by atoms with van der Waals surface area (Å²) in [6.45, 7) is 1.70. The molecule has 0 saturated carbocycles. The fraction of sp³-hybridized carbons (Fsp3) is 0.263. The van der Waals surface area contributed by atoms with Gasteiger partial charge in [-0.15, -0.1) is 0 Å². The molecule has 2 rings (SSSR count). The van der Waals surface area contributed by atoms with Crippen LogP contribution in [0.15, 0.2) is 53.4 Å². The van der Waals surface area contributed by atoms with Crippen LogP contribution in [0.5, 0.6) is 0 Å². The summed E-state index contributed by atoms with van der Waals surface area (Å²) in [6, 6.07) is 12.1. The SMILES string of the molecule is CNC(=O)NC(=O)[C@H](Nc1ccc(C)c(S(=O)(=O)N(C)C)c1)c1ccccc1. The highest BCUT2D eigenvalue weighted by atomic mass is 32.2. The largest absolute Gasteiger partial charge is 0.370 e. The van der Waals surface area contributed by atoms with Gasteiger partial charge in [-0.25, -0.2) is 17.5 Å². The number of carbonyl (C=O) groups excluding carboxylic acids is 2. The normalized spacial score (nSPS) is 12.3. The summed E-state index contributed by atoms with van der Waals surface area (Å²) in [4.78, 5) is 24.3. The minimum absolute atomic E-state index is 0.140. The molecule has 0 aromatic heterocycles. The Morgan fingerprint density at radius 2 is 1.68 bits per heavy atom. The molecule has 0 radical (unpaired) electrons. The zero-order chi connectivity index (χ0) is 20.9. The Morgan fingerprint density at radius 3 is 2.25 bits per heavy atom. The molecule has 0 spiro atoms. The molecule has 9 heteroatoms. The smallest absolute Gasteiger partial charge is 0.321 e. The Morgan fingerprint density at radius 1 is 1.04 bits per heavy atom. The standard InChI is InChI=1S/C19H24N4O4S/c1-13-10-11-15(12-16(13)28(26,27)23(3)4)21-17(14-8-6-5-7-9-14)18(24)22-19(25)20-2/h5-12,17,21H,1-4H3,(H2,20,22,24,25)/t17-/m1/s1. The van der Waals surface area contributed by atoms with Crippen LogP contribution in [0.1, 0.15) is 17.2 Å². The van der Waals surface area contributed by atoms with Crippen molar-refractivity contribution in [3.05, 3.63) is 59.7 Å². The highest BCUT2D eigenvalue weighted by molar-refractivity contribution is 7.89. The summed E-state index contributed by atoms with van der Waals surface area (Å²) in [5.74, 6) is -0.567. The minimum atomic E-state index is -3.65. The van der Waals surface area contributed by atoms with Crippen molar-refractivity contribution in [2.45, 2.75) is 17.9 Å². The monoisotopic (exact) mass is 404 g/mol. The predicted octanol–water partition coefficient (Wildman–Crippen LogP) is 1.85. The second-order valence-electron chi connectivity index (χ2n) is 6.32. The van der Waals surface area contributed by atoms with Crippen molar-refractivity contribution in [1.82, 2.24) is 14.9 Å². The fourth-order valence-corrected chi connectivity index (χ4v) is 3.67. The Kier molecular flexibility index (Phi) is 6.76. The maximum Gasteiger partial charge on any atom is 0.321 e. The Bertz CT molecular complexity index is 959. The van der Waals surface area contributed by atoms with E-state index in [-0.39, 0.29) is 4.90 Å². The number of hydrogen-bond donors (Lipinski definition) is 3. The maximum absolute atomic E-state index is 12.6. The second-order valence-corrected chi connectivity index (χ2v) is 8.44. The summed E-state index contributed by atoms with van der Waals surface area (Å²) >= 11 is 0. The van der Waals surface area contributed by atoms with Gasteiger partial charge in [0.2, 0.25) is 10.0 Å². The lowest BCUT2D eigenvalue weighted by molar-refractivity contribution is -0.120. The Labute approximate surface area is 165 Å². The average Bonchev–Trinajstić information content (AvgIpc) is 2.67. The summed E-state index contributed by atoms with van der Waals surface area (Å²) in [7, 11) is 0.677. The van der Waals surface area contributed by atoms with Crippen LogP contribution >= 0.6 is 0 Å². The molecule has 2 aromatic rings. The first-order valence-corrected chi connectivity index (χ1v) is 9.98. The first-order valence-electron chi connectivity index (χ1n) is 8.54. The van der Waals surface area contributed by atoms with Crippen molar-refractivity contribution in [3.8, 4) is 0 Å². The molecule has 0 aliphatic heterocycles. The zero-order valence-corrected chi connectivity index (χ0v) is 17.0. The molecule has 28 heavy (non-hydrogen) atoms. The molecule has 0 heterocycles. The van der Waals surface area contributed by atoms with Gasteiger partial charge in [-0.05, 0) is 30.2 Å². The summed E-state index contributed by atoms with van der Waals surface area (Å²) in [6.07, 6.45) is 0. The summed E-state index contributed by atoms with van der Waals surface area (Å²) in [5.41, 5.74) is 1.65. The lowest BCUT2D eigenvalue weighted by Gasteiger charge is -2.21. The molecule has 1 atom stereocenters. The number of hydrogen-bond acceptors (Lipinski definition) is 5. The van der Waals surface area contributed by atoms with Crippen LogP contribution < -0.4 is 16.0 Å². The molecule has 0 aliphatic rings. The van der Waals surface area contributed by atoms with Gasteiger partial charge in [-0.1, -0.05) is 36.4 Å². The number of rotatable bonds is 6. The van der Waals surface area contributed by atoms with Crippen molar-refractivity contribution in [1.29, 1.82) is 0 Å².